The highest BCUT2D eigenvalue weighted by Crippen LogP contribution is 2.44. The van der Waals surface area contributed by atoms with Crippen molar-refractivity contribution in [2.45, 2.75) is 52.1 Å². The molecule has 0 radical (unpaired) electrons. The molecule has 1 fully saturated rings. The summed E-state index contributed by atoms with van der Waals surface area (Å²) >= 11 is 0. The molecule has 1 aromatic rings. The smallest absolute Gasteiger partial charge is 0.0360 e. The number of benzene rings is 1. The number of fused-ring (bicyclic) bond motifs is 2. The zero-order valence-electron chi connectivity index (χ0n) is 12.6. The number of likely N-dealkylation sites (tertiary alicyclic amines) is 1. The maximum absolute atomic E-state index is 2.68. The second-order valence-electron chi connectivity index (χ2n) is 6.67. The first-order valence-electron chi connectivity index (χ1n) is 7.64. The van der Waals surface area contributed by atoms with Crippen molar-refractivity contribution < 1.29 is 0 Å². The number of hydrogen-bond acceptors (Lipinski definition) is 1. The largest absolute Gasteiger partial charge is 0.293 e. The van der Waals surface area contributed by atoms with E-state index in [4.69, 9.17) is 0 Å². The van der Waals surface area contributed by atoms with E-state index < -0.39 is 0 Å². The van der Waals surface area contributed by atoms with E-state index in [1.807, 2.05) is 0 Å². The van der Waals surface area contributed by atoms with Crippen molar-refractivity contribution in [2.75, 3.05) is 6.54 Å². The topological polar surface area (TPSA) is 3.24 Å². The lowest BCUT2D eigenvalue weighted by atomic mass is 9.89. The fraction of sp³-hybridized carbons (Fsp3) is 0.556. The predicted molar refractivity (Wildman–Crippen MR) is 82.2 cm³/mol. The van der Waals surface area contributed by atoms with Crippen molar-refractivity contribution in [3.8, 4) is 0 Å². The highest BCUT2D eigenvalue weighted by molar-refractivity contribution is 5.75. The summed E-state index contributed by atoms with van der Waals surface area (Å²) in [6.07, 6.45) is 3.88. The average Bonchev–Trinajstić information content (AvgIpc) is 2.98. The van der Waals surface area contributed by atoms with Crippen LogP contribution in [-0.2, 0) is 0 Å². The van der Waals surface area contributed by atoms with Gasteiger partial charge in [-0.3, -0.25) is 4.90 Å². The molecule has 0 N–H and O–H groups in total. The van der Waals surface area contributed by atoms with Gasteiger partial charge in [-0.2, -0.15) is 0 Å². The van der Waals surface area contributed by atoms with Gasteiger partial charge in [0.05, 0.1) is 0 Å². The molecule has 1 aromatic carbocycles. The molecule has 1 aliphatic carbocycles. The first-order valence-corrected chi connectivity index (χ1v) is 7.64. The van der Waals surface area contributed by atoms with Crippen LogP contribution in [0, 0.1) is 5.92 Å². The minimum Gasteiger partial charge on any atom is -0.293 e. The Morgan fingerprint density at radius 1 is 1.11 bits per heavy atom. The highest BCUT2D eigenvalue weighted by Gasteiger charge is 2.40. The molecule has 19 heavy (non-hydrogen) atoms. The Kier molecular flexibility index (Phi) is 3.26. The third-order valence-corrected chi connectivity index (χ3v) is 4.70. The molecule has 1 heterocycles. The number of rotatable bonds is 3. The Morgan fingerprint density at radius 2 is 1.84 bits per heavy atom. The molecule has 0 saturated carbocycles. The van der Waals surface area contributed by atoms with Crippen LogP contribution in [0.2, 0.25) is 0 Å². The molecule has 1 heteroatoms. The SMILES string of the molecule is CC(C)c1ccccc1C1=CC2CC1N(C(C)C)C2. The Hall–Kier alpha value is -1.08. The lowest BCUT2D eigenvalue weighted by Gasteiger charge is -2.32. The Morgan fingerprint density at radius 3 is 2.47 bits per heavy atom. The fourth-order valence-corrected chi connectivity index (χ4v) is 3.79. The first kappa shape index (κ1) is 12.9. The standard InChI is InChI=1S/C18H25N/c1-12(2)15-7-5-6-8-16(15)17-9-14-10-18(17)19(11-14)13(3)4/h5-9,12-14,18H,10-11H2,1-4H3. The summed E-state index contributed by atoms with van der Waals surface area (Å²) < 4.78 is 0. The second-order valence-corrected chi connectivity index (χ2v) is 6.67. The maximum atomic E-state index is 2.68. The van der Waals surface area contributed by atoms with E-state index in [1.54, 1.807) is 5.57 Å². The van der Waals surface area contributed by atoms with Crippen molar-refractivity contribution in [3.63, 3.8) is 0 Å². The average molecular weight is 255 g/mol. The summed E-state index contributed by atoms with van der Waals surface area (Å²) in [7, 11) is 0. The molecule has 1 saturated heterocycles. The molecule has 1 nitrogen and oxygen atoms in total. The lowest BCUT2D eigenvalue weighted by Crippen LogP contribution is -2.37. The molecule has 2 unspecified atom stereocenters. The van der Waals surface area contributed by atoms with Crippen molar-refractivity contribution >= 4 is 5.57 Å². The monoisotopic (exact) mass is 255 g/mol. The minimum absolute atomic E-state index is 0.601. The van der Waals surface area contributed by atoms with Crippen molar-refractivity contribution in [1.82, 2.24) is 4.90 Å². The Labute approximate surface area is 117 Å². The summed E-state index contributed by atoms with van der Waals surface area (Å²) in [5.41, 5.74) is 4.59. The van der Waals surface area contributed by atoms with Crippen LogP contribution in [-0.4, -0.2) is 23.5 Å². The molecular formula is C18H25N. The zero-order chi connectivity index (χ0) is 13.6. The van der Waals surface area contributed by atoms with E-state index in [0.717, 1.165) is 5.92 Å². The third-order valence-electron chi connectivity index (χ3n) is 4.70. The van der Waals surface area contributed by atoms with Crippen LogP contribution in [0.5, 0.6) is 0 Å². The number of hydrogen-bond donors (Lipinski definition) is 0. The van der Waals surface area contributed by atoms with Gasteiger partial charge in [0.2, 0.25) is 0 Å². The van der Waals surface area contributed by atoms with Crippen LogP contribution in [0.3, 0.4) is 0 Å². The van der Waals surface area contributed by atoms with Crippen molar-refractivity contribution in [1.29, 1.82) is 0 Å². The van der Waals surface area contributed by atoms with Crippen LogP contribution < -0.4 is 0 Å². The van der Waals surface area contributed by atoms with E-state index in [2.05, 4.69) is 62.9 Å². The summed E-state index contributed by atoms with van der Waals surface area (Å²) in [4.78, 5) is 2.68. The van der Waals surface area contributed by atoms with Crippen LogP contribution in [0.4, 0.5) is 0 Å². The van der Waals surface area contributed by atoms with Gasteiger partial charge in [0.15, 0.2) is 0 Å². The molecule has 102 valence electrons. The second kappa shape index (κ2) is 4.79. The van der Waals surface area contributed by atoms with E-state index >= 15 is 0 Å². The fourth-order valence-electron chi connectivity index (χ4n) is 3.79. The first-order chi connectivity index (χ1) is 9.08. The van der Waals surface area contributed by atoms with Crippen LogP contribution in [0.15, 0.2) is 30.3 Å². The Balaban J connectivity index is 1.98. The van der Waals surface area contributed by atoms with Crippen LogP contribution in [0.25, 0.3) is 5.57 Å². The molecule has 3 rings (SSSR count). The molecule has 0 spiro atoms. The summed E-state index contributed by atoms with van der Waals surface area (Å²) in [5, 5.41) is 0. The predicted octanol–water partition coefficient (Wildman–Crippen LogP) is 4.31. The zero-order valence-corrected chi connectivity index (χ0v) is 12.6. The molecule has 0 aromatic heterocycles. The number of nitrogens with zero attached hydrogens (tertiary/aromatic N) is 1. The van der Waals surface area contributed by atoms with Crippen LogP contribution in [0.1, 0.15) is 51.2 Å². The van der Waals surface area contributed by atoms with E-state index in [-0.39, 0.29) is 0 Å². The van der Waals surface area contributed by atoms with Gasteiger partial charge in [-0.05, 0) is 48.8 Å². The van der Waals surface area contributed by atoms with E-state index in [0.29, 0.717) is 18.0 Å². The molecule has 2 aliphatic rings. The summed E-state index contributed by atoms with van der Waals surface area (Å²) in [6, 6.07) is 10.3. The molecule has 2 bridgehead atoms. The van der Waals surface area contributed by atoms with E-state index in [9.17, 15) is 0 Å². The molecule has 0 amide bonds. The van der Waals surface area contributed by atoms with Crippen molar-refractivity contribution in [3.05, 3.63) is 41.5 Å². The quantitative estimate of drug-likeness (QED) is 0.778. The van der Waals surface area contributed by atoms with E-state index in [1.165, 1.54) is 24.1 Å². The van der Waals surface area contributed by atoms with Gasteiger partial charge in [0.1, 0.15) is 0 Å². The summed E-state index contributed by atoms with van der Waals surface area (Å²) in [5.74, 6) is 1.38. The van der Waals surface area contributed by atoms with Gasteiger partial charge in [-0.1, -0.05) is 44.2 Å². The van der Waals surface area contributed by atoms with Gasteiger partial charge < -0.3 is 0 Å². The normalized spacial score (nSPS) is 26.5. The van der Waals surface area contributed by atoms with Crippen molar-refractivity contribution in [2.24, 2.45) is 5.92 Å². The van der Waals surface area contributed by atoms with Gasteiger partial charge in [-0.15, -0.1) is 0 Å². The minimum atomic E-state index is 0.601. The lowest BCUT2D eigenvalue weighted by molar-refractivity contribution is 0.231. The molecule has 1 aliphatic heterocycles. The Bertz CT molecular complexity index is 498. The van der Waals surface area contributed by atoms with Crippen LogP contribution >= 0.6 is 0 Å². The molecule has 2 atom stereocenters. The van der Waals surface area contributed by atoms with Gasteiger partial charge in [0.25, 0.3) is 0 Å². The summed E-state index contributed by atoms with van der Waals surface area (Å²) in [6.45, 7) is 10.5. The molecular weight excluding hydrogens is 230 g/mol. The van der Waals surface area contributed by atoms with Gasteiger partial charge in [0, 0.05) is 18.6 Å². The van der Waals surface area contributed by atoms with Gasteiger partial charge in [-0.25, -0.2) is 0 Å². The third kappa shape index (κ3) is 2.14. The maximum Gasteiger partial charge on any atom is 0.0360 e. The van der Waals surface area contributed by atoms with Gasteiger partial charge >= 0.3 is 0 Å². The highest BCUT2D eigenvalue weighted by atomic mass is 15.2.